The van der Waals surface area contributed by atoms with E-state index in [2.05, 4.69) is 61.1 Å². The van der Waals surface area contributed by atoms with E-state index in [0.29, 0.717) is 5.69 Å². The number of hydrogen-bond acceptors (Lipinski definition) is 6. The Balaban J connectivity index is 1.37. The molecule has 33 heavy (non-hydrogen) atoms. The number of aromatic nitrogens is 1. The maximum Gasteiger partial charge on any atom is 0.309 e. The van der Waals surface area contributed by atoms with Gasteiger partial charge >= 0.3 is 11.8 Å². The second kappa shape index (κ2) is 11.1. The Hall–Kier alpha value is -3.23. The van der Waals surface area contributed by atoms with Gasteiger partial charge in [-0.2, -0.15) is 0 Å². The predicted molar refractivity (Wildman–Crippen MR) is 131 cm³/mol. The quantitative estimate of drug-likeness (QED) is 0.527. The van der Waals surface area contributed by atoms with Crippen molar-refractivity contribution in [3.05, 3.63) is 82.8 Å². The third-order valence-corrected chi connectivity index (χ3v) is 6.80. The Kier molecular flexibility index (Phi) is 7.70. The summed E-state index contributed by atoms with van der Waals surface area (Å²) < 4.78 is 0. The van der Waals surface area contributed by atoms with Crippen molar-refractivity contribution in [1.82, 2.24) is 20.5 Å². The lowest BCUT2D eigenvalue weighted by atomic mass is 10.0. The minimum atomic E-state index is -0.647. The van der Waals surface area contributed by atoms with Gasteiger partial charge in [0, 0.05) is 49.0 Å². The van der Waals surface area contributed by atoms with Crippen LogP contribution in [0.2, 0.25) is 0 Å². The van der Waals surface area contributed by atoms with Crippen LogP contribution in [0.3, 0.4) is 0 Å². The molecule has 1 aromatic carbocycles. The van der Waals surface area contributed by atoms with E-state index in [4.69, 9.17) is 0 Å². The molecule has 2 N–H and O–H groups in total. The molecule has 3 aromatic rings. The van der Waals surface area contributed by atoms with Crippen LogP contribution in [0.5, 0.6) is 0 Å². The molecule has 1 saturated heterocycles. The second-order valence-electron chi connectivity index (χ2n) is 8.08. The van der Waals surface area contributed by atoms with E-state index in [1.807, 2.05) is 37.3 Å². The summed E-state index contributed by atoms with van der Waals surface area (Å²) in [5.74, 6) is -1.27. The van der Waals surface area contributed by atoms with E-state index in [9.17, 15) is 9.59 Å². The van der Waals surface area contributed by atoms with Crippen molar-refractivity contribution < 1.29 is 9.59 Å². The fourth-order valence-corrected chi connectivity index (χ4v) is 5.17. The number of amides is 2. The number of thiophene rings is 1. The van der Waals surface area contributed by atoms with Crippen LogP contribution in [0.4, 0.5) is 5.69 Å². The van der Waals surface area contributed by atoms with E-state index >= 15 is 0 Å². The zero-order chi connectivity index (χ0) is 23.0. The summed E-state index contributed by atoms with van der Waals surface area (Å²) in [6.07, 6.45) is 1.66. The van der Waals surface area contributed by atoms with E-state index < -0.39 is 11.8 Å². The molecule has 0 bridgehead atoms. The minimum Gasteiger partial charge on any atom is -0.369 e. The molecule has 2 amide bonds. The van der Waals surface area contributed by atoms with Gasteiger partial charge in [0.1, 0.15) is 0 Å². The summed E-state index contributed by atoms with van der Waals surface area (Å²) in [5, 5.41) is 7.63. The lowest BCUT2D eigenvalue weighted by Crippen LogP contribution is -2.53. The van der Waals surface area contributed by atoms with E-state index in [1.165, 1.54) is 10.6 Å². The van der Waals surface area contributed by atoms with Crippen molar-refractivity contribution in [3.63, 3.8) is 0 Å². The van der Waals surface area contributed by atoms with Crippen molar-refractivity contribution in [2.24, 2.45) is 0 Å². The molecule has 1 aliphatic rings. The molecule has 172 valence electrons. The van der Waals surface area contributed by atoms with E-state index in [0.717, 1.165) is 26.2 Å². The van der Waals surface area contributed by atoms with Crippen molar-refractivity contribution in [2.75, 3.05) is 31.1 Å². The third kappa shape index (κ3) is 5.97. The topological polar surface area (TPSA) is 77.6 Å². The van der Waals surface area contributed by atoms with Gasteiger partial charge in [-0.05, 0) is 42.6 Å². The van der Waals surface area contributed by atoms with Crippen molar-refractivity contribution in [1.29, 1.82) is 0 Å². The fourth-order valence-electron chi connectivity index (χ4n) is 4.20. The van der Waals surface area contributed by atoms with Crippen molar-refractivity contribution in [3.8, 4) is 0 Å². The maximum absolute atomic E-state index is 12.6. The molecule has 0 unspecified atom stereocenters. The van der Waals surface area contributed by atoms with Crippen LogP contribution < -0.4 is 15.5 Å². The van der Waals surface area contributed by atoms with Gasteiger partial charge in [-0.15, -0.1) is 11.3 Å². The first kappa shape index (κ1) is 22.9. The molecular weight excluding hydrogens is 434 g/mol. The molecule has 1 aliphatic heterocycles. The fraction of sp³-hybridized carbons (Fsp3) is 0.320. The van der Waals surface area contributed by atoms with Crippen LogP contribution in [0.1, 0.15) is 23.5 Å². The number of carbonyl (C=O) groups is 2. The normalized spacial score (nSPS) is 16.1. The number of benzene rings is 1. The van der Waals surface area contributed by atoms with Gasteiger partial charge in [0.15, 0.2) is 0 Å². The van der Waals surface area contributed by atoms with Crippen molar-refractivity contribution >= 4 is 28.8 Å². The summed E-state index contributed by atoms with van der Waals surface area (Å²) in [6, 6.07) is 19.8. The highest BCUT2D eigenvalue weighted by Crippen LogP contribution is 2.30. The average molecular weight is 464 g/mol. The van der Waals surface area contributed by atoms with Crippen LogP contribution in [-0.2, 0) is 16.1 Å². The third-order valence-electron chi connectivity index (χ3n) is 5.86. The van der Waals surface area contributed by atoms with Crippen LogP contribution in [0, 0.1) is 0 Å². The summed E-state index contributed by atoms with van der Waals surface area (Å²) in [6.45, 7) is 5.77. The van der Waals surface area contributed by atoms with Crippen molar-refractivity contribution in [2.45, 2.75) is 25.6 Å². The number of nitrogens with zero attached hydrogens (tertiary/aromatic N) is 3. The maximum atomic E-state index is 12.6. The first-order chi connectivity index (χ1) is 16.1. The first-order valence-electron chi connectivity index (χ1n) is 11.2. The number of para-hydroxylation sites is 1. The molecule has 2 atom stereocenters. The average Bonchev–Trinajstić information content (AvgIpc) is 3.38. The predicted octanol–water partition coefficient (Wildman–Crippen LogP) is 2.83. The van der Waals surface area contributed by atoms with Gasteiger partial charge in [-0.25, -0.2) is 0 Å². The van der Waals surface area contributed by atoms with Gasteiger partial charge in [0.2, 0.25) is 0 Å². The smallest absolute Gasteiger partial charge is 0.309 e. The number of rotatable bonds is 7. The Labute approximate surface area is 198 Å². The Bertz CT molecular complexity index is 1020. The van der Waals surface area contributed by atoms with Crippen LogP contribution in [0.15, 0.2) is 72.2 Å². The zero-order valence-electron chi connectivity index (χ0n) is 18.7. The summed E-state index contributed by atoms with van der Waals surface area (Å²) >= 11 is 1.68. The van der Waals surface area contributed by atoms with Gasteiger partial charge in [-0.3, -0.25) is 19.5 Å². The molecule has 3 heterocycles. The largest absolute Gasteiger partial charge is 0.369 e. The Morgan fingerprint density at radius 3 is 2.39 bits per heavy atom. The lowest BCUT2D eigenvalue weighted by molar-refractivity contribution is -0.140. The molecule has 0 spiro atoms. The van der Waals surface area contributed by atoms with E-state index in [1.54, 1.807) is 17.5 Å². The standard InChI is InChI=1S/C25H29N5O2S/c1-19(28-25(32)24(31)27-18-20-8-5-6-12-26-20)23(22-11-7-17-33-22)30-15-13-29(14-16-30)21-9-3-2-4-10-21/h2-12,17,19,23H,13-16,18H2,1H3,(H,27,31)(H,28,32)/t19-,23+/m1/s1. The number of anilines is 1. The Morgan fingerprint density at radius 2 is 1.73 bits per heavy atom. The van der Waals surface area contributed by atoms with E-state index in [-0.39, 0.29) is 18.6 Å². The molecule has 0 aliphatic carbocycles. The van der Waals surface area contributed by atoms with Crippen LogP contribution >= 0.6 is 11.3 Å². The number of pyridine rings is 1. The first-order valence-corrected chi connectivity index (χ1v) is 12.1. The van der Waals surface area contributed by atoms with Gasteiger partial charge in [0.05, 0.1) is 18.3 Å². The highest BCUT2D eigenvalue weighted by Gasteiger charge is 2.31. The SMILES string of the molecule is C[C@@H](NC(=O)C(=O)NCc1ccccn1)[C@@H](c1cccs1)N1CCN(c2ccccc2)CC1. The lowest BCUT2D eigenvalue weighted by Gasteiger charge is -2.42. The van der Waals surface area contributed by atoms with Crippen LogP contribution in [0.25, 0.3) is 0 Å². The molecular formula is C25H29N5O2S. The summed E-state index contributed by atoms with van der Waals surface area (Å²) in [7, 11) is 0. The molecule has 0 radical (unpaired) electrons. The second-order valence-corrected chi connectivity index (χ2v) is 9.06. The number of hydrogen-bond donors (Lipinski definition) is 2. The molecule has 2 aromatic heterocycles. The molecule has 7 nitrogen and oxygen atoms in total. The monoisotopic (exact) mass is 463 g/mol. The Morgan fingerprint density at radius 1 is 0.970 bits per heavy atom. The number of nitrogens with one attached hydrogen (secondary N) is 2. The van der Waals surface area contributed by atoms with Gasteiger partial charge < -0.3 is 15.5 Å². The summed E-state index contributed by atoms with van der Waals surface area (Å²) in [4.78, 5) is 35.1. The molecule has 8 heteroatoms. The highest BCUT2D eigenvalue weighted by atomic mass is 32.1. The minimum absolute atomic E-state index is 0.00969. The van der Waals surface area contributed by atoms with Gasteiger partial charge in [-0.1, -0.05) is 30.3 Å². The molecule has 4 rings (SSSR count). The number of carbonyl (C=O) groups excluding carboxylic acids is 2. The zero-order valence-corrected chi connectivity index (χ0v) is 19.5. The van der Waals surface area contributed by atoms with Crippen LogP contribution in [-0.4, -0.2) is 53.9 Å². The molecule has 1 fully saturated rings. The number of piperazine rings is 1. The van der Waals surface area contributed by atoms with Gasteiger partial charge in [0.25, 0.3) is 0 Å². The molecule has 0 saturated carbocycles. The highest BCUT2D eigenvalue weighted by molar-refractivity contribution is 7.10. The summed E-state index contributed by atoms with van der Waals surface area (Å²) in [5.41, 5.74) is 1.94.